The van der Waals surface area contributed by atoms with Gasteiger partial charge in [0.25, 0.3) is 15.9 Å². The number of nitrogens with one attached hydrogen (secondary N) is 2. The van der Waals surface area contributed by atoms with Crippen molar-refractivity contribution in [1.29, 1.82) is 0 Å². The molecule has 25 heavy (non-hydrogen) atoms. The minimum atomic E-state index is -3.83. The smallest absolute Gasteiger partial charge is 0.276 e. The lowest BCUT2D eigenvalue weighted by atomic mass is 9.90. The highest BCUT2D eigenvalue weighted by molar-refractivity contribution is 7.89. The van der Waals surface area contributed by atoms with Gasteiger partial charge in [-0.05, 0) is 61.1 Å². The second kappa shape index (κ2) is 7.15. The van der Waals surface area contributed by atoms with E-state index in [9.17, 15) is 13.2 Å². The highest BCUT2D eigenvalue weighted by atomic mass is 32.2. The van der Waals surface area contributed by atoms with E-state index in [1.54, 1.807) is 12.1 Å². The Morgan fingerprint density at radius 3 is 2.68 bits per heavy atom. The van der Waals surface area contributed by atoms with Gasteiger partial charge in [-0.2, -0.15) is 0 Å². The van der Waals surface area contributed by atoms with Crippen LogP contribution in [0.2, 0.25) is 0 Å². The Bertz CT molecular complexity index is 873. The van der Waals surface area contributed by atoms with Crippen molar-refractivity contribution in [3.63, 3.8) is 0 Å². The number of sulfonamides is 1. The minimum absolute atomic E-state index is 0.0490. The molecule has 1 amide bonds. The average molecular weight is 380 g/mol. The van der Waals surface area contributed by atoms with E-state index in [-0.39, 0.29) is 4.90 Å². The van der Waals surface area contributed by atoms with Gasteiger partial charge in [0, 0.05) is 4.88 Å². The molecule has 1 aliphatic carbocycles. The number of amides is 1. The lowest BCUT2D eigenvalue weighted by molar-refractivity contribution is 0.0949. The van der Waals surface area contributed by atoms with Crippen LogP contribution in [0.25, 0.3) is 0 Å². The van der Waals surface area contributed by atoms with Crippen molar-refractivity contribution < 1.29 is 17.9 Å². The van der Waals surface area contributed by atoms with Gasteiger partial charge in [0.1, 0.15) is 5.75 Å². The average Bonchev–Trinajstić information content (AvgIpc) is 3.03. The van der Waals surface area contributed by atoms with E-state index in [0.717, 1.165) is 19.3 Å². The Morgan fingerprint density at radius 2 is 2.00 bits per heavy atom. The number of thiophene rings is 1. The molecule has 2 N–H and O–H groups in total. The summed E-state index contributed by atoms with van der Waals surface area (Å²) in [6.07, 6.45) is 3.07. The number of benzene rings is 1. The summed E-state index contributed by atoms with van der Waals surface area (Å²) in [5.74, 6) is 0.733. The van der Waals surface area contributed by atoms with Gasteiger partial charge < -0.3 is 4.74 Å². The van der Waals surface area contributed by atoms with Gasteiger partial charge in [-0.1, -0.05) is 6.92 Å². The Hall–Kier alpha value is -1.90. The number of carbonyl (C=O) groups excluding carboxylic acids is 1. The number of fused-ring (bicyclic) bond motifs is 1. The lowest BCUT2D eigenvalue weighted by Gasteiger charge is -2.16. The van der Waals surface area contributed by atoms with Gasteiger partial charge in [-0.3, -0.25) is 10.2 Å². The van der Waals surface area contributed by atoms with Gasteiger partial charge in [0.05, 0.1) is 16.9 Å². The third kappa shape index (κ3) is 4.02. The topological polar surface area (TPSA) is 84.5 Å². The van der Waals surface area contributed by atoms with E-state index < -0.39 is 15.9 Å². The summed E-state index contributed by atoms with van der Waals surface area (Å²) in [4.78, 5) is 16.2. The van der Waals surface area contributed by atoms with Crippen LogP contribution in [0.15, 0.2) is 35.2 Å². The van der Waals surface area contributed by atoms with Crippen LogP contribution in [0.3, 0.4) is 0 Å². The number of hydrazine groups is 1. The van der Waals surface area contributed by atoms with Crippen LogP contribution in [-0.4, -0.2) is 21.4 Å². The van der Waals surface area contributed by atoms with E-state index in [2.05, 4.69) is 17.2 Å². The monoisotopic (exact) mass is 380 g/mol. The fourth-order valence-electron chi connectivity index (χ4n) is 2.81. The van der Waals surface area contributed by atoms with E-state index in [0.29, 0.717) is 16.5 Å². The summed E-state index contributed by atoms with van der Waals surface area (Å²) in [6.45, 7) is 2.20. The fourth-order valence-corrected chi connectivity index (χ4v) is 4.75. The summed E-state index contributed by atoms with van der Waals surface area (Å²) in [5, 5.41) is 0. The van der Waals surface area contributed by atoms with Crippen molar-refractivity contribution >= 4 is 27.3 Å². The summed E-state index contributed by atoms with van der Waals surface area (Å²) in [5.41, 5.74) is 3.49. The predicted octanol–water partition coefficient (Wildman–Crippen LogP) is 2.50. The number of hydrogen-bond donors (Lipinski definition) is 2. The molecule has 2 aromatic rings. The molecular formula is C17H20N2O4S2. The summed E-state index contributed by atoms with van der Waals surface area (Å²) >= 11 is 1.43. The second-order valence-electron chi connectivity index (χ2n) is 6.14. The molecular weight excluding hydrogens is 360 g/mol. The predicted molar refractivity (Wildman–Crippen MR) is 96.3 cm³/mol. The zero-order valence-electron chi connectivity index (χ0n) is 14.0. The van der Waals surface area contributed by atoms with E-state index >= 15 is 0 Å². The number of methoxy groups -OCH3 is 1. The quantitative estimate of drug-likeness (QED) is 0.781. The first-order valence-corrected chi connectivity index (χ1v) is 10.3. The molecule has 0 radical (unpaired) electrons. The summed E-state index contributed by atoms with van der Waals surface area (Å²) in [7, 11) is -2.33. The Labute approximate surface area is 151 Å². The standard InChI is InChI=1S/C17H20N2O4S2/c1-11-3-8-15-12(9-11)10-16(24-15)17(20)18-19-25(21,22)14-6-4-13(23-2)5-7-14/h4-7,10-11,19H,3,8-9H2,1-2H3,(H,18,20). The third-order valence-electron chi connectivity index (χ3n) is 4.22. The first-order chi connectivity index (χ1) is 11.9. The second-order valence-corrected chi connectivity index (χ2v) is 8.96. The number of ether oxygens (including phenoxy) is 1. The summed E-state index contributed by atoms with van der Waals surface area (Å²) < 4.78 is 29.5. The molecule has 8 heteroatoms. The molecule has 0 bridgehead atoms. The van der Waals surface area contributed by atoms with Gasteiger partial charge in [-0.15, -0.1) is 16.2 Å². The molecule has 134 valence electrons. The van der Waals surface area contributed by atoms with Gasteiger partial charge in [0.2, 0.25) is 0 Å². The van der Waals surface area contributed by atoms with Crippen LogP contribution in [0.4, 0.5) is 0 Å². The summed E-state index contributed by atoms with van der Waals surface area (Å²) in [6, 6.07) is 7.79. The molecule has 1 aromatic heterocycles. The van der Waals surface area contributed by atoms with Crippen molar-refractivity contribution in [2.45, 2.75) is 31.1 Å². The van der Waals surface area contributed by atoms with Crippen molar-refractivity contribution in [3.05, 3.63) is 45.6 Å². The van der Waals surface area contributed by atoms with Crippen molar-refractivity contribution in [1.82, 2.24) is 10.3 Å². The number of aryl methyl sites for hydroxylation is 1. The number of rotatable bonds is 5. The Morgan fingerprint density at radius 1 is 1.28 bits per heavy atom. The molecule has 1 atom stereocenters. The van der Waals surface area contributed by atoms with E-state index in [1.165, 1.54) is 41.0 Å². The van der Waals surface area contributed by atoms with Crippen LogP contribution < -0.4 is 15.0 Å². The Balaban J connectivity index is 1.67. The third-order valence-corrected chi connectivity index (χ3v) is 6.72. The zero-order valence-corrected chi connectivity index (χ0v) is 15.7. The molecule has 1 unspecified atom stereocenters. The van der Waals surface area contributed by atoms with Crippen LogP contribution in [0.5, 0.6) is 5.75 Å². The largest absolute Gasteiger partial charge is 0.497 e. The molecule has 1 aromatic carbocycles. The maximum Gasteiger partial charge on any atom is 0.276 e. The van der Waals surface area contributed by atoms with Crippen molar-refractivity contribution in [2.24, 2.45) is 5.92 Å². The van der Waals surface area contributed by atoms with E-state index in [1.807, 2.05) is 6.07 Å². The van der Waals surface area contributed by atoms with Gasteiger partial charge in [-0.25, -0.2) is 8.42 Å². The molecule has 6 nitrogen and oxygen atoms in total. The molecule has 3 rings (SSSR count). The zero-order chi connectivity index (χ0) is 18.0. The lowest BCUT2D eigenvalue weighted by Crippen LogP contribution is -2.41. The number of carbonyl (C=O) groups is 1. The maximum atomic E-state index is 12.3. The first kappa shape index (κ1) is 17.9. The van der Waals surface area contributed by atoms with Crippen LogP contribution in [0, 0.1) is 5.92 Å². The van der Waals surface area contributed by atoms with Crippen molar-refractivity contribution in [3.8, 4) is 5.75 Å². The molecule has 1 aliphatic rings. The van der Waals surface area contributed by atoms with Crippen LogP contribution >= 0.6 is 11.3 Å². The first-order valence-electron chi connectivity index (χ1n) is 7.97. The highest BCUT2D eigenvalue weighted by Gasteiger charge is 2.22. The van der Waals surface area contributed by atoms with Gasteiger partial charge in [0.15, 0.2) is 0 Å². The minimum Gasteiger partial charge on any atom is -0.497 e. The maximum absolute atomic E-state index is 12.3. The molecule has 1 heterocycles. The molecule has 0 saturated carbocycles. The van der Waals surface area contributed by atoms with Crippen molar-refractivity contribution in [2.75, 3.05) is 7.11 Å². The molecule has 0 fully saturated rings. The van der Waals surface area contributed by atoms with Gasteiger partial charge >= 0.3 is 0 Å². The highest BCUT2D eigenvalue weighted by Crippen LogP contribution is 2.32. The normalized spacial score (nSPS) is 17.0. The number of hydrogen-bond acceptors (Lipinski definition) is 5. The SMILES string of the molecule is COc1ccc(S(=O)(=O)NNC(=O)c2cc3c(s2)CCC(C)C3)cc1. The van der Waals surface area contributed by atoms with E-state index in [4.69, 9.17) is 4.74 Å². The molecule has 0 aliphatic heterocycles. The van der Waals surface area contributed by atoms with Crippen LogP contribution in [-0.2, 0) is 22.9 Å². The molecule has 0 spiro atoms. The molecule has 0 saturated heterocycles. The fraction of sp³-hybridized carbons (Fsp3) is 0.353. The van der Waals surface area contributed by atoms with Crippen LogP contribution in [0.1, 0.15) is 33.5 Å². The Kier molecular flexibility index (Phi) is 5.12.